The fraction of sp³-hybridized carbons (Fsp3) is 0.312. The van der Waals surface area contributed by atoms with Crippen molar-refractivity contribution in [1.82, 2.24) is 19.8 Å². The number of likely N-dealkylation sites (N-methyl/N-ethyl adjacent to an activating group) is 1. The summed E-state index contributed by atoms with van der Waals surface area (Å²) in [5, 5.41) is 6.40. The molecule has 210 valence electrons. The van der Waals surface area contributed by atoms with Crippen molar-refractivity contribution in [1.29, 1.82) is 0 Å². The van der Waals surface area contributed by atoms with Gasteiger partial charge in [-0.2, -0.15) is 0 Å². The molecular weight excluding hydrogens is 516 g/mol. The van der Waals surface area contributed by atoms with E-state index in [4.69, 9.17) is 9.72 Å². The highest BCUT2D eigenvalue weighted by Crippen LogP contribution is 2.27. The smallest absolute Gasteiger partial charge is 0.298 e. The van der Waals surface area contributed by atoms with Gasteiger partial charge in [-0.25, -0.2) is 9.97 Å². The van der Waals surface area contributed by atoms with E-state index in [1.807, 2.05) is 48.5 Å². The molecule has 41 heavy (non-hydrogen) atoms. The number of benzene rings is 2. The van der Waals surface area contributed by atoms with Gasteiger partial charge in [0.05, 0.1) is 18.2 Å². The molecule has 2 amide bonds. The van der Waals surface area contributed by atoms with E-state index in [9.17, 15) is 9.59 Å². The summed E-state index contributed by atoms with van der Waals surface area (Å²) in [5.74, 6) is 5.80. The highest BCUT2D eigenvalue weighted by Gasteiger charge is 2.30. The Labute approximate surface area is 240 Å². The molecule has 1 atom stereocenters. The second kappa shape index (κ2) is 13.1. The molecule has 0 radical (unpaired) electrons. The summed E-state index contributed by atoms with van der Waals surface area (Å²) in [6.45, 7) is 4.56. The Morgan fingerprint density at radius 3 is 2.93 bits per heavy atom. The predicted octanol–water partition coefficient (Wildman–Crippen LogP) is 4.47. The van der Waals surface area contributed by atoms with Crippen molar-refractivity contribution in [2.24, 2.45) is 5.92 Å². The van der Waals surface area contributed by atoms with Gasteiger partial charge in [-0.15, -0.1) is 0 Å². The van der Waals surface area contributed by atoms with Gasteiger partial charge in [0.15, 0.2) is 0 Å². The lowest BCUT2D eigenvalue weighted by atomic mass is 10.1. The van der Waals surface area contributed by atoms with Gasteiger partial charge in [-0.3, -0.25) is 14.5 Å². The summed E-state index contributed by atoms with van der Waals surface area (Å²) >= 11 is 0. The molecule has 3 aromatic rings. The van der Waals surface area contributed by atoms with Crippen LogP contribution in [0.3, 0.4) is 0 Å². The third-order valence-electron chi connectivity index (χ3n) is 6.97. The number of nitrogens with one attached hydrogen (secondary N) is 2. The van der Waals surface area contributed by atoms with E-state index in [1.54, 1.807) is 18.0 Å². The molecule has 2 aliphatic rings. The minimum atomic E-state index is -0.288. The molecule has 9 heteroatoms. The van der Waals surface area contributed by atoms with Crippen LogP contribution in [0.5, 0.6) is 5.75 Å². The van der Waals surface area contributed by atoms with Crippen LogP contribution in [0.1, 0.15) is 25.3 Å². The van der Waals surface area contributed by atoms with Crippen LogP contribution in [0.4, 0.5) is 17.3 Å². The van der Waals surface area contributed by atoms with Crippen molar-refractivity contribution in [3.63, 3.8) is 0 Å². The van der Waals surface area contributed by atoms with E-state index < -0.39 is 0 Å². The maximum atomic E-state index is 13.2. The highest BCUT2D eigenvalue weighted by molar-refractivity contribution is 5.96. The minimum Gasteiger partial charge on any atom is -0.493 e. The third kappa shape index (κ3) is 7.50. The first-order valence-electron chi connectivity index (χ1n) is 13.8. The zero-order chi connectivity index (χ0) is 28.6. The molecule has 5 rings (SSSR count). The fourth-order valence-corrected chi connectivity index (χ4v) is 4.96. The average molecular weight is 551 g/mol. The second-order valence-electron chi connectivity index (χ2n) is 10.2. The Balaban J connectivity index is 1.41. The number of fused-ring (bicyclic) bond motifs is 7. The first-order valence-corrected chi connectivity index (χ1v) is 13.8. The van der Waals surface area contributed by atoms with Crippen LogP contribution in [-0.2, 0) is 16.1 Å². The number of nitrogens with zero attached hydrogens (tertiary/aromatic N) is 4. The topological polar surface area (TPSA) is 99.7 Å². The lowest BCUT2D eigenvalue weighted by Gasteiger charge is -2.18. The summed E-state index contributed by atoms with van der Waals surface area (Å²) in [7, 11) is 2.05. The monoisotopic (exact) mass is 550 g/mol. The zero-order valence-electron chi connectivity index (χ0n) is 23.4. The van der Waals surface area contributed by atoms with Crippen LogP contribution < -0.4 is 15.4 Å². The SMILES string of the molecule is CC#CC(=O)N1CCC(C(=O)Nc2cc3cc(c2)Nc2nccc(n2)-c2cccc(c2)OCC/C=C/CN(C)C3)C1. The van der Waals surface area contributed by atoms with Crippen molar-refractivity contribution in [2.45, 2.75) is 26.3 Å². The van der Waals surface area contributed by atoms with Crippen LogP contribution >= 0.6 is 0 Å². The Hall–Kier alpha value is -4.68. The average Bonchev–Trinajstić information content (AvgIpc) is 3.46. The van der Waals surface area contributed by atoms with E-state index in [-0.39, 0.29) is 17.7 Å². The summed E-state index contributed by atoms with van der Waals surface area (Å²) in [5.41, 5.74) is 4.16. The van der Waals surface area contributed by atoms with Gasteiger partial charge in [0.25, 0.3) is 5.91 Å². The number of ether oxygens (including phenoxy) is 1. The van der Waals surface area contributed by atoms with E-state index >= 15 is 0 Å². The summed E-state index contributed by atoms with van der Waals surface area (Å²) in [4.78, 5) is 38.3. The molecule has 9 nitrogen and oxygen atoms in total. The number of carbonyl (C=O) groups is 2. The van der Waals surface area contributed by atoms with Crippen LogP contribution in [0.15, 0.2) is 66.9 Å². The maximum Gasteiger partial charge on any atom is 0.298 e. The molecule has 2 aromatic carbocycles. The van der Waals surface area contributed by atoms with Gasteiger partial charge in [0.2, 0.25) is 11.9 Å². The van der Waals surface area contributed by atoms with Gasteiger partial charge >= 0.3 is 0 Å². The first-order chi connectivity index (χ1) is 20.0. The number of likely N-dealkylation sites (tertiary alicyclic amines) is 1. The predicted molar refractivity (Wildman–Crippen MR) is 160 cm³/mol. The molecule has 1 aromatic heterocycles. The van der Waals surface area contributed by atoms with Crippen molar-refractivity contribution in [3.8, 4) is 28.8 Å². The van der Waals surface area contributed by atoms with E-state index in [2.05, 4.69) is 51.6 Å². The van der Waals surface area contributed by atoms with Gasteiger partial charge < -0.3 is 20.3 Å². The lowest BCUT2D eigenvalue weighted by molar-refractivity contribution is -0.124. The number of anilines is 3. The van der Waals surface area contributed by atoms with Crippen molar-refractivity contribution >= 4 is 29.1 Å². The summed E-state index contributed by atoms with van der Waals surface area (Å²) in [6.07, 6.45) is 7.40. The quantitative estimate of drug-likeness (QED) is 0.359. The standard InChI is InChI=1S/C32H34N6O3/c1-3-8-30(39)38-15-12-25(22-38)31(40)34-26-17-23-18-27(20-26)35-32-33-13-11-29(36-32)24-9-7-10-28(19-24)41-16-6-4-5-14-37(2)21-23/h4-5,7,9-11,13,17-20,25H,6,12,14-16,21-22H2,1-2H3,(H,34,40)(H,33,35,36)/b5-4+. The molecule has 3 heterocycles. The Morgan fingerprint density at radius 2 is 2.05 bits per heavy atom. The number of carbonyl (C=O) groups excluding carboxylic acids is 2. The number of amides is 2. The first kappa shape index (κ1) is 27.9. The van der Waals surface area contributed by atoms with Gasteiger partial charge in [-0.1, -0.05) is 30.2 Å². The zero-order valence-corrected chi connectivity index (χ0v) is 23.4. The summed E-state index contributed by atoms with van der Waals surface area (Å²) in [6, 6.07) is 15.6. The molecule has 1 saturated heterocycles. The maximum absolute atomic E-state index is 13.2. The van der Waals surface area contributed by atoms with Crippen molar-refractivity contribution < 1.29 is 14.3 Å². The summed E-state index contributed by atoms with van der Waals surface area (Å²) < 4.78 is 5.95. The van der Waals surface area contributed by atoms with E-state index in [0.29, 0.717) is 44.3 Å². The van der Waals surface area contributed by atoms with Crippen molar-refractivity contribution in [3.05, 3.63) is 72.4 Å². The van der Waals surface area contributed by atoms with Crippen LogP contribution in [0.2, 0.25) is 0 Å². The van der Waals surface area contributed by atoms with Gasteiger partial charge in [-0.05, 0) is 74.7 Å². The molecule has 2 N–H and O–H groups in total. The van der Waals surface area contributed by atoms with Crippen LogP contribution in [0.25, 0.3) is 11.3 Å². The molecule has 0 spiro atoms. The Bertz CT molecular complexity index is 1510. The van der Waals surface area contributed by atoms with E-state index in [0.717, 1.165) is 41.2 Å². The molecule has 0 aliphatic carbocycles. The second-order valence-corrected chi connectivity index (χ2v) is 10.2. The van der Waals surface area contributed by atoms with Crippen molar-refractivity contribution in [2.75, 3.05) is 43.9 Å². The van der Waals surface area contributed by atoms with Crippen LogP contribution in [0, 0.1) is 17.8 Å². The molecule has 0 saturated carbocycles. The third-order valence-corrected chi connectivity index (χ3v) is 6.97. The number of aromatic nitrogens is 2. The lowest BCUT2D eigenvalue weighted by Crippen LogP contribution is -2.30. The molecule has 6 bridgehead atoms. The number of hydrogen-bond donors (Lipinski definition) is 2. The number of hydrogen-bond acceptors (Lipinski definition) is 7. The largest absolute Gasteiger partial charge is 0.493 e. The normalized spacial score (nSPS) is 18.0. The molecular formula is C32H34N6O3. The fourth-order valence-electron chi connectivity index (χ4n) is 4.96. The highest BCUT2D eigenvalue weighted by atomic mass is 16.5. The molecule has 1 unspecified atom stereocenters. The van der Waals surface area contributed by atoms with Crippen LogP contribution in [-0.4, -0.2) is 64.9 Å². The van der Waals surface area contributed by atoms with Gasteiger partial charge in [0, 0.05) is 49.3 Å². The molecule has 2 aliphatic heterocycles. The van der Waals surface area contributed by atoms with E-state index in [1.165, 1.54) is 0 Å². The number of rotatable bonds is 2. The minimum absolute atomic E-state index is 0.112. The Kier molecular flexibility index (Phi) is 8.92. The van der Waals surface area contributed by atoms with Gasteiger partial charge in [0.1, 0.15) is 5.75 Å². The Morgan fingerprint density at radius 1 is 1.15 bits per heavy atom. The molecule has 1 fully saturated rings.